The first-order chi connectivity index (χ1) is 13.9. The highest BCUT2D eigenvalue weighted by Gasteiger charge is 2.12. The molecule has 2 aromatic heterocycles. The van der Waals surface area contributed by atoms with Crippen molar-refractivity contribution in [3.63, 3.8) is 0 Å². The summed E-state index contributed by atoms with van der Waals surface area (Å²) in [7, 11) is 0. The third-order valence-corrected chi connectivity index (χ3v) is 7.32. The summed E-state index contributed by atoms with van der Waals surface area (Å²) < 4.78 is 1.23. The lowest BCUT2D eigenvalue weighted by atomic mass is 10.1. The number of nitrogens with zero attached hydrogens (tertiary/aromatic N) is 2. The summed E-state index contributed by atoms with van der Waals surface area (Å²) in [5.41, 5.74) is 3.55. The third-order valence-electron chi connectivity index (χ3n) is 5.14. The molecule has 150 valence electrons. The first-order valence-corrected chi connectivity index (χ1v) is 12.7. The molecular formula is C24H32N2S2. The molecule has 2 heterocycles. The monoisotopic (exact) mass is 412 g/mol. The van der Waals surface area contributed by atoms with Crippen molar-refractivity contribution in [3.05, 3.63) is 42.0 Å². The van der Waals surface area contributed by atoms with Gasteiger partial charge in [-0.05, 0) is 17.7 Å². The van der Waals surface area contributed by atoms with E-state index < -0.39 is 0 Å². The summed E-state index contributed by atoms with van der Waals surface area (Å²) in [4.78, 5) is 9.13. The summed E-state index contributed by atoms with van der Waals surface area (Å²) in [5, 5.41) is 3.37. The van der Waals surface area contributed by atoms with Crippen LogP contribution in [0.2, 0.25) is 0 Å². The van der Waals surface area contributed by atoms with E-state index in [2.05, 4.69) is 52.6 Å². The second-order valence-electron chi connectivity index (χ2n) is 7.40. The number of fused-ring (bicyclic) bond motifs is 1. The van der Waals surface area contributed by atoms with Crippen LogP contribution in [-0.4, -0.2) is 15.7 Å². The maximum atomic E-state index is 4.57. The average Bonchev–Trinajstić information content (AvgIpc) is 3.17. The van der Waals surface area contributed by atoms with Gasteiger partial charge in [0, 0.05) is 10.9 Å². The molecule has 0 amide bonds. The van der Waals surface area contributed by atoms with Crippen molar-refractivity contribution < 1.29 is 0 Å². The molecule has 1 aromatic carbocycles. The van der Waals surface area contributed by atoms with E-state index in [1.807, 2.05) is 11.8 Å². The van der Waals surface area contributed by atoms with E-state index in [9.17, 15) is 0 Å². The summed E-state index contributed by atoms with van der Waals surface area (Å²) in [6.45, 7) is 2.28. The van der Waals surface area contributed by atoms with Crippen LogP contribution < -0.4 is 0 Å². The van der Waals surface area contributed by atoms with Crippen molar-refractivity contribution in [2.45, 2.75) is 76.2 Å². The predicted octanol–water partition coefficient (Wildman–Crippen LogP) is 8.37. The Morgan fingerprint density at radius 1 is 0.821 bits per heavy atom. The highest BCUT2D eigenvalue weighted by Crippen LogP contribution is 2.37. The molecule has 0 fully saturated rings. The fourth-order valence-electron chi connectivity index (χ4n) is 3.51. The van der Waals surface area contributed by atoms with Crippen LogP contribution in [0, 0.1) is 0 Å². The molecule has 0 aliphatic carbocycles. The van der Waals surface area contributed by atoms with Crippen LogP contribution in [0.3, 0.4) is 0 Å². The zero-order valence-corrected chi connectivity index (χ0v) is 18.7. The van der Waals surface area contributed by atoms with Gasteiger partial charge in [-0.3, -0.25) is 0 Å². The van der Waals surface area contributed by atoms with Crippen LogP contribution in [0.5, 0.6) is 0 Å². The molecule has 0 bridgehead atoms. The molecule has 0 aliphatic heterocycles. The molecule has 2 nitrogen and oxygen atoms in total. The van der Waals surface area contributed by atoms with Gasteiger partial charge >= 0.3 is 0 Å². The number of rotatable bonds is 13. The topological polar surface area (TPSA) is 25.8 Å². The summed E-state index contributed by atoms with van der Waals surface area (Å²) in [6, 6.07) is 10.5. The Morgan fingerprint density at radius 3 is 2.21 bits per heavy atom. The second kappa shape index (κ2) is 12.2. The molecule has 0 radical (unpaired) electrons. The smallest absolute Gasteiger partial charge is 0.117 e. The van der Waals surface area contributed by atoms with E-state index in [-0.39, 0.29) is 0 Å². The fourth-order valence-corrected chi connectivity index (χ4v) is 5.64. The maximum Gasteiger partial charge on any atom is 0.117 e. The second-order valence-corrected chi connectivity index (χ2v) is 9.37. The minimum absolute atomic E-state index is 1.09. The summed E-state index contributed by atoms with van der Waals surface area (Å²) in [6.07, 6.45) is 15.6. The normalized spacial score (nSPS) is 11.3. The van der Waals surface area contributed by atoms with E-state index in [0.717, 1.165) is 16.3 Å². The number of aromatic nitrogens is 2. The minimum Gasteiger partial charge on any atom is -0.235 e. The third kappa shape index (κ3) is 6.31. The Morgan fingerprint density at radius 2 is 1.50 bits per heavy atom. The molecular weight excluding hydrogens is 380 g/mol. The molecule has 0 N–H and O–H groups in total. The van der Waals surface area contributed by atoms with Crippen molar-refractivity contribution in [1.29, 1.82) is 0 Å². The van der Waals surface area contributed by atoms with Gasteiger partial charge < -0.3 is 0 Å². The van der Waals surface area contributed by atoms with Gasteiger partial charge in [-0.25, -0.2) is 9.97 Å². The maximum absolute atomic E-state index is 4.57. The van der Waals surface area contributed by atoms with Gasteiger partial charge in [0.2, 0.25) is 0 Å². The Bertz CT molecular complexity index is 814. The van der Waals surface area contributed by atoms with E-state index in [1.165, 1.54) is 80.0 Å². The molecule has 3 rings (SSSR count). The van der Waals surface area contributed by atoms with Crippen LogP contribution >= 0.6 is 23.1 Å². The van der Waals surface area contributed by atoms with Crippen LogP contribution in [0.4, 0.5) is 0 Å². The molecule has 28 heavy (non-hydrogen) atoms. The van der Waals surface area contributed by atoms with Gasteiger partial charge in [0.15, 0.2) is 0 Å². The van der Waals surface area contributed by atoms with Crippen LogP contribution in [0.25, 0.3) is 21.3 Å². The van der Waals surface area contributed by atoms with Crippen molar-refractivity contribution in [1.82, 2.24) is 9.97 Å². The standard InChI is InChI=1S/C24H32N2S2/c1-2-3-4-5-6-7-8-9-10-14-17-27-24-23-22(25-19-26-24)21(18-28-23)20-15-12-11-13-16-20/h11-13,15-16,18-19H,2-10,14,17H2,1H3. The predicted molar refractivity (Wildman–Crippen MR) is 125 cm³/mol. The number of hydrogen-bond donors (Lipinski definition) is 0. The van der Waals surface area contributed by atoms with Crippen molar-refractivity contribution in [2.75, 3.05) is 5.75 Å². The first-order valence-electron chi connectivity index (χ1n) is 10.8. The molecule has 0 aliphatic rings. The van der Waals surface area contributed by atoms with Gasteiger partial charge in [-0.2, -0.15) is 0 Å². The lowest BCUT2D eigenvalue weighted by molar-refractivity contribution is 0.563. The van der Waals surface area contributed by atoms with Crippen molar-refractivity contribution in [3.8, 4) is 11.1 Å². The Kier molecular flexibility index (Phi) is 9.31. The summed E-state index contributed by atoms with van der Waals surface area (Å²) >= 11 is 3.67. The van der Waals surface area contributed by atoms with Gasteiger partial charge in [-0.15, -0.1) is 23.1 Å². The molecule has 0 unspecified atom stereocenters. The molecule has 3 aromatic rings. The van der Waals surface area contributed by atoms with E-state index in [0.29, 0.717) is 0 Å². The van der Waals surface area contributed by atoms with Gasteiger partial charge in [-0.1, -0.05) is 95.0 Å². The number of hydrogen-bond acceptors (Lipinski definition) is 4. The number of unbranched alkanes of at least 4 members (excludes halogenated alkanes) is 9. The highest BCUT2D eigenvalue weighted by molar-refractivity contribution is 7.99. The SMILES string of the molecule is CCCCCCCCCCCCSc1ncnc2c(-c3ccccc3)csc12. The molecule has 0 atom stereocenters. The molecule has 0 spiro atoms. The lowest BCUT2D eigenvalue weighted by Gasteiger charge is -2.04. The number of benzene rings is 1. The molecule has 4 heteroatoms. The van der Waals surface area contributed by atoms with Crippen LogP contribution in [0.15, 0.2) is 47.1 Å². The summed E-state index contributed by atoms with van der Waals surface area (Å²) in [5.74, 6) is 1.15. The quantitative estimate of drug-likeness (QED) is 0.160. The number of thiophene rings is 1. The van der Waals surface area contributed by atoms with Gasteiger partial charge in [0.25, 0.3) is 0 Å². The van der Waals surface area contributed by atoms with Crippen molar-refractivity contribution >= 4 is 33.3 Å². The zero-order chi connectivity index (χ0) is 19.4. The lowest BCUT2D eigenvalue weighted by Crippen LogP contribution is -1.88. The van der Waals surface area contributed by atoms with Crippen LogP contribution in [0.1, 0.15) is 71.1 Å². The van der Waals surface area contributed by atoms with Crippen LogP contribution in [-0.2, 0) is 0 Å². The Hall–Kier alpha value is -1.39. The largest absolute Gasteiger partial charge is 0.235 e. The zero-order valence-electron chi connectivity index (χ0n) is 17.0. The highest BCUT2D eigenvalue weighted by atomic mass is 32.2. The Balaban J connectivity index is 1.40. The first kappa shape index (κ1) is 21.3. The van der Waals surface area contributed by atoms with Crippen molar-refractivity contribution in [2.24, 2.45) is 0 Å². The minimum atomic E-state index is 1.09. The van der Waals surface area contributed by atoms with E-state index in [1.54, 1.807) is 17.7 Å². The fraction of sp³-hybridized carbons (Fsp3) is 0.500. The van der Waals surface area contributed by atoms with Gasteiger partial charge in [0.05, 0.1) is 10.2 Å². The molecule has 0 saturated carbocycles. The molecule has 0 saturated heterocycles. The number of thioether (sulfide) groups is 1. The Labute approximate surface area is 178 Å². The van der Waals surface area contributed by atoms with E-state index in [4.69, 9.17) is 0 Å². The van der Waals surface area contributed by atoms with E-state index >= 15 is 0 Å². The average molecular weight is 413 g/mol. The van der Waals surface area contributed by atoms with Gasteiger partial charge in [0.1, 0.15) is 11.4 Å².